The lowest BCUT2D eigenvalue weighted by Gasteiger charge is -2.10. The van der Waals surface area contributed by atoms with Gasteiger partial charge < -0.3 is 10.1 Å². The number of fused-ring (bicyclic) bond motifs is 2. The standard InChI is InChI=1S/C27H26N6O2/c1-18-14-22(6-7-23(18)16-28-12-13-35-19(2)34)25-9-10-26-27(30-25)33(32-31-26)17-20-5-8-24-21(15-20)4-3-11-29-24/h3-11,14-15,28H,12-13,16-17H2,1-2H3. The molecule has 0 atom stereocenters. The quantitative estimate of drug-likeness (QED) is 0.272. The van der Waals surface area contributed by atoms with Crippen LogP contribution in [0.5, 0.6) is 0 Å². The van der Waals surface area contributed by atoms with Crippen molar-refractivity contribution in [1.82, 2.24) is 30.3 Å². The Hall–Kier alpha value is -4.17. The molecule has 0 radical (unpaired) electrons. The highest BCUT2D eigenvalue weighted by Gasteiger charge is 2.11. The van der Waals surface area contributed by atoms with E-state index in [0.29, 0.717) is 26.2 Å². The molecule has 0 aliphatic rings. The molecule has 5 aromatic rings. The van der Waals surface area contributed by atoms with E-state index in [9.17, 15) is 4.79 Å². The molecule has 8 nitrogen and oxygen atoms in total. The molecule has 3 aromatic heterocycles. The molecule has 8 heteroatoms. The van der Waals surface area contributed by atoms with Crippen LogP contribution < -0.4 is 5.32 Å². The summed E-state index contributed by atoms with van der Waals surface area (Å²) in [5, 5.41) is 13.0. The smallest absolute Gasteiger partial charge is 0.302 e. The summed E-state index contributed by atoms with van der Waals surface area (Å²) in [6.07, 6.45) is 1.80. The van der Waals surface area contributed by atoms with Gasteiger partial charge in [-0.25, -0.2) is 9.67 Å². The van der Waals surface area contributed by atoms with Gasteiger partial charge in [0.15, 0.2) is 5.65 Å². The Morgan fingerprint density at radius 3 is 2.80 bits per heavy atom. The minimum absolute atomic E-state index is 0.261. The number of aryl methyl sites for hydroxylation is 1. The Morgan fingerprint density at radius 1 is 1.06 bits per heavy atom. The largest absolute Gasteiger partial charge is 0.465 e. The van der Waals surface area contributed by atoms with E-state index in [-0.39, 0.29) is 5.97 Å². The first-order valence-corrected chi connectivity index (χ1v) is 11.5. The van der Waals surface area contributed by atoms with Crippen molar-refractivity contribution in [3.63, 3.8) is 0 Å². The molecule has 0 aliphatic heterocycles. The molecule has 2 aromatic carbocycles. The van der Waals surface area contributed by atoms with Crippen LogP contribution in [0.1, 0.15) is 23.6 Å². The Morgan fingerprint density at radius 2 is 1.94 bits per heavy atom. The number of carbonyl (C=O) groups excluding carboxylic acids is 1. The van der Waals surface area contributed by atoms with Crippen LogP contribution in [0.4, 0.5) is 0 Å². The van der Waals surface area contributed by atoms with E-state index >= 15 is 0 Å². The fourth-order valence-corrected chi connectivity index (χ4v) is 4.06. The molecule has 0 fully saturated rings. The third-order valence-electron chi connectivity index (χ3n) is 5.90. The molecule has 0 saturated heterocycles. The Labute approximate surface area is 203 Å². The van der Waals surface area contributed by atoms with Crippen molar-refractivity contribution in [2.75, 3.05) is 13.2 Å². The number of nitrogens with zero attached hydrogens (tertiary/aromatic N) is 5. The number of ether oxygens (including phenoxy) is 1. The molecule has 0 bridgehead atoms. The van der Waals surface area contributed by atoms with E-state index in [1.165, 1.54) is 18.1 Å². The van der Waals surface area contributed by atoms with Gasteiger partial charge in [0.2, 0.25) is 0 Å². The molecular formula is C27H26N6O2. The lowest BCUT2D eigenvalue weighted by atomic mass is 10.0. The zero-order valence-electron chi connectivity index (χ0n) is 19.7. The van der Waals surface area contributed by atoms with Crippen molar-refractivity contribution < 1.29 is 9.53 Å². The van der Waals surface area contributed by atoms with Gasteiger partial charge in [0, 0.05) is 37.2 Å². The van der Waals surface area contributed by atoms with Gasteiger partial charge in [0.05, 0.1) is 17.8 Å². The zero-order chi connectivity index (χ0) is 24.2. The highest BCUT2D eigenvalue weighted by Crippen LogP contribution is 2.23. The summed E-state index contributed by atoms with van der Waals surface area (Å²) in [6, 6.07) is 20.5. The van der Waals surface area contributed by atoms with Crippen molar-refractivity contribution in [2.24, 2.45) is 0 Å². The summed E-state index contributed by atoms with van der Waals surface area (Å²) in [5.74, 6) is -0.261. The Bertz CT molecular complexity index is 1510. The highest BCUT2D eigenvalue weighted by atomic mass is 16.5. The molecule has 35 heavy (non-hydrogen) atoms. The first-order valence-electron chi connectivity index (χ1n) is 11.5. The lowest BCUT2D eigenvalue weighted by molar-refractivity contribution is -0.140. The topological polar surface area (TPSA) is 94.8 Å². The normalized spacial score (nSPS) is 11.3. The number of benzene rings is 2. The van der Waals surface area contributed by atoms with E-state index < -0.39 is 0 Å². The molecule has 0 saturated carbocycles. The fourth-order valence-electron chi connectivity index (χ4n) is 4.06. The maximum Gasteiger partial charge on any atom is 0.302 e. The minimum atomic E-state index is -0.261. The highest BCUT2D eigenvalue weighted by molar-refractivity contribution is 5.79. The number of hydrogen-bond donors (Lipinski definition) is 1. The van der Waals surface area contributed by atoms with Gasteiger partial charge in [-0.3, -0.25) is 9.78 Å². The second-order valence-electron chi connectivity index (χ2n) is 8.47. The maximum atomic E-state index is 10.9. The number of hydrogen-bond acceptors (Lipinski definition) is 7. The maximum absolute atomic E-state index is 10.9. The van der Waals surface area contributed by atoms with Crippen LogP contribution in [0, 0.1) is 6.92 Å². The number of aromatic nitrogens is 5. The molecule has 0 spiro atoms. The van der Waals surface area contributed by atoms with E-state index in [4.69, 9.17) is 9.72 Å². The van der Waals surface area contributed by atoms with Crippen LogP contribution in [-0.4, -0.2) is 44.1 Å². The van der Waals surface area contributed by atoms with Crippen LogP contribution in [0.2, 0.25) is 0 Å². The van der Waals surface area contributed by atoms with Crippen molar-refractivity contribution in [2.45, 2.75) is 26.9 Å². The number of pyridine rings is 2. The molecule has 1 N–H and O–H groups in total. The fraction of sp³-hybridized carbons (Fsp3) is 0.222. The average molecular weight is 467 g/mol. The zero-order valence-corrected chi connectivity index (χ0v) is 19.7. The molecule has 176 valence electrons. The number of carbonyl (C=O) groups is 1. The average Bonchev–Trinajstić information content (AvgIpc) is 3.26. The van der Waals surface area contributed by atoms with Crippen molar-refractivity contribution >= 4 is 28.0 Å². The van der Waals surface area contributed by atoms with E-state index in [2.05, 4.69) is 63.9 Å². The van der Waals surface area contributed by atoms with Crippen LogP contribution in [0.15, 0.2) is 66.9 Å². The first kappa shape index (κ1) is 22.6. The third kappa shape index (κ3) is 5.17. The van der Waals surface area contributed by atoms with Crippen LogP contribution in [-0.2, 0) is 22.6 Å². The molecule has 0 unspecified atom stereocenters. The van der Waals surface area contributed by atoms with Gasteiger partial charge in [-0.1, -0.05) is 29.5 Å². The van der Waals surface area contributed by atoms with Crippen molar-refractivity contribution in [3.05, 3.63) is 83.6 Å². The predicted molar refractivity (Wildman–Crippen MR) is 135 cm³/mol. The monoisotopic (exact) mass is 466 g/mol. The molecule has 0 amide bonds. The number of esters is 1. The van der Waals surface area contributed by atoms with Gasteiger partial charge in [-0.15, -0.1) is 5.10 Å². The van der Waals surface area contributed by atoms with Crippen molar-refractivity contribution in [3.8, 4) is 11.3 Å². The SMILES string of the molecule is CC(=O)OCCNCc1ccc(-c2ccc3nnn(Cc4ccc5ncccc5c4)c3n2)cc1C. The molecule has 0 aliphatic carbocycles. The lowest BCUT2D eigenvalue weighted by Crippen LogP contribution is -2.20. The first-order chi connectivity index (χ1) is 17.1. The summed E-state index contributed by atoms with van der Waals surface area (Å²) in [4.78, 5) is 20.1. The van der Waals surface area contributed by atoms with Crippen molar-refractivity contribution in [1.29, 1.82) is 0 Å². The van der Waals surface area contributed by atoms with Gasteiger partial charge in [-0.2, -0.15) is 0 Å². The second-order valence-corrected chi connectivity index (χ2v) is 8.47. The van der Waals surface area contributed by atoms with Crippen LogP contribution in [0.3, 0.4) is 0 Å². The van der Waals surface area contributed by atoms with E-state index in [0.717, 1.165) is 38.9 Å². The number of nitrogens with one attached hydrogen (secondary N) is 1. The predicted octanol–water partition coefficient (Wildman–Crippen LogP) is 4.05. The summed E-state index contributed by atoms with van der Waals surface area (Å²) in [5.41, 5.74) is 7.88. The summed E-state index contributed by atoms with van der Waals surface area (Å²) < 4.78 is 6.79. The van der Waals surface area contributed by atoms with Gasteiger partial charge in [0.25, 0.3) is 0 Å². The molecular weight excluding hydrogens is 440 g/mol. The van der Waals surface area contributed by atoms with E-state index in [1.807, 2.05) is 28.9 Å². The van der Waals surface area contributed by atoms with Gasteiger partial charge in [0.1, 0.15) is 12.1 Å². The molecule has 3 heterocycles. The Balaban J connectivity index is 1.34. The summed E-state index contributed by atoms with van der Waals surface area (Å²) >= 11 is 0. The third-order valence-corrected chi connectivity index (χ3v) is 5.90. The van der Waals surface area contributed by atoms with E-state index in [1.54, 1.807) is 6.20 Å². The molecule has 5 rings (SSSR count). The summed E-state index contributed by atoms with van der Waals surface area (Å²) in [7, 11) is 0. The number of rotatable bonds is 8. The van der Waals surface area contributed by atoms with Crippen LogP contribution >= 0.6 is 0 Å². The Kier molecular flexibility index (Phi) is 6.45. The minimum Gasteiger partial charge on any atom is -0.465 e. The van der Waals surface area contributed by atoms with Crippen LogP contribution in [0.25, 0.3) is 33.3 Å². The van der Waals surface area contributed by atoms with Gasteiger partial charge in [-0.05, 0) is 60.0 Å². The second kappa shape index (κ2) is 9.99. The summed E-state index contributed by atoms with van der Waals surface area (Å²) in [6.45, 7) is 5.77. The van der Waals surface area contributed by atoms with Gasteiger partial charge >= 0.3 is 5.97 Å².